The summed E-state index contributed by atoms with van der Waals surface area (Å²) in [7, 11) is 0. The Kier molecular flexibility index (Phi) is 2.34. The highest BCUT2D eigenvalue weighted by atomic mass is 16.4. The van der Waals surface area contributed by atoms with Crippen LogP contribution in [0.15, 0.2) is 57.6 Å². The minimum absolute atomic E-state index is 0.0143. The van der Waals surface area contributed by atoms with Crippen molar-refractivity contribution in [2.75, 3.05) is 0 Å². The van der Waals surface area contributed by atoms with Gasteiger partial charge in [0.1, 0.15) is 5.58 Å². The summed E-state index contributed by atoms with van der Waals surface area (Å²) < 4.78 is 10.2. The molecule has 88 valence electrons. The Bertz CT molecular complexity index is 686. The molecular weight excluding hydrogens is 232 g/mol. The SMILES string of the molecule is O=C(C(=O)c1cc2ccccc2o1)c1ccco1. The van der Waals surface area contributed by atoms with Crippen LogP contribution in [0.2, 0.25) is 0 Å². The predicted octanol–water partition coefficient (Wildman–Crippen LogP) is 3.09. The fourth-order valence-corrected chi connectivity index (χ4v) is 1.73. The Morgan fingerprint density at radius 3 is 2.39 bits per heavy atom. The Balaban J connectivity index is 1.99. The number of carbonyl (C=O) groups is 2. The van der Waals surface area contributed by atoms with E-state index in [-0.39, 0.29) is 11.5 Å². The molecule has 0 radical (unpaired) electrons. The van der Waals surface area contributed by atoms with Gasteiger partial charge in [-0.3, -0.25) is 9.59 Å². The van der Waals surface area contributed by atoms with Crippen LogP contribution in [0, 0.1) is 0 Å². The summed E-state index contributed by atoms with van der Waals surface area (Å²) in [4.78, 5) is 23.7. The molecule has 0 fully saturated rings. The summed E-state index contributed by atoms with van der Waals surface area (Å²) in [5.74, 6) is -1.38. The number of ketones is 2. The molecule has 0 N–H and O–H groups in total. The average molecular weight is 240 g/mol. The lowest BCUT2D eigenvalue weighted by atomic mass is 10.1. The lowest BCUT2D eigenvalue weighted by Crippen LogP contribution is -2.12. The van der Waals surface area contributed by atoms with Crippen molar-refractivity contribution in [3.05, 3.63) is 60.2 Å². The molecule has 0 saturated heterocycles. The highest BCUT2D eigenvalue weighted by Gasteiger charge is 2.23. The molecule has 0 atom stereocenters. The normalized spacial score (nSPS) is 10.7. The van der Waals surface area contributed by atoms with Gasteiger partial charge in [0.2, 0.25) is 0 Å². The number of furan rings is 2. The summed E-state index contributed by atoms with van der Waals surface area (Å²) in [5.41, 5.74) is 0.577. The minimum atomic E-state index is -0.709. The molecule has 0 spiro atoms. The minimum Gasteiger partial charge on any atom is -0.461 e. The average Bonchev–Trinajstić information content (AvgIpc) is 3.05. The van der Waals surface area contributed by atoms with Crippen LogP contribution in [0.5, 0.6) is 0 Å². The third-order valence-electron chi connectivity index (χ3n) is 2.60. The van der Waals surface area contributed by atoms with Gasteiger partial charge in [0, 0.05) is 5.39 Å². The van der Waals surface area contributed by atoms with Crippen LogP contribution < -0.4 is 0 Å². The first kappa shape index (κ1) is 10.5. The first-order valence-corrected chi connectivity index (χ1v) is 5.37. The molecule has 0 unspecified atom stereocenters. The summed E-state index contributed by atoms with van der Waals surface area (Å²) in [5, 5.41) is 0.785. The van der Waals surface area contributed by atoms with E-state index in [4.69, 9.17) is 8.83 Å². The Morgan fingerprint density at radius 1 is 0.889 bits per heavy atom. The molecule has 3 aromatic rings. The Labute approximate surface area is 102 Å². The van der Waals surface area contributed by atoms with Gasteiger partial charge in [-0.1, -0.05) is 18.2 Å². The summed E-state index contributed by atoms with van der Waals surface area (Å²) in [6.07, 6.45) is 1.35. The van der Waals surface area contributed by atoms with Crippen LogP contribution in [0.3, 0.4) is 0 Å². The second-order valence-electron chi connectivity index (χ2n) is 3.78. The van der Waals surface area contributed by atoms with Crippen LogP contribution in [-0.2, 0) is 0 Å². The molecule has 0 aliphatic rings. The zero-order valence-corrected chi connectivity index (χ0v) is 9.25. The quantitative estimate of drug-likeness (QED) is 0.521. The maximum Gasteiger partial charge on any atom is 0.271 e. The number of hydrogen-bond acceptors (Lipinski definition) is 4. The zero-order valence-electron chi connectivity index (χ0n) is 9.25. The number of benzene rings is 1. The molecule has 0 amide bonds. The van der Waals surface area contributed by atoms with Crippen LogP contribution in [0.4, 0.5) is 0 Å². The van der Waals surface area contributed by atoms with E-state index in [0.29, 0.717) is 5.58 Å². The van der Waals surface area contributed by atoms with Crippen molar-refractivity contribution in [3.8, 4) is 0 Å². The van der Waals surface area contributed by atoms with Crippen LogP contribution in [0.1, 0.15) is 21.1 Å². The van der Waals surface area contributed by atoms with Crippen molar-refractivity contribution in [1.82, 2.24) is 0 Å². The predicted molar refractivity (Wildman–Crippen MR) is 63.6 cm³/mol. The van der Waals surface area contributed by atoms with Gasteiger partial charge in [-0.25, -0.2) is 0 Å². The fourth-order valence-electron chi connectivity index (χ4n) is 1.73. The topological polar surface area (TPSA) is 60.4 Å². The van der Waals surface area contributed by atoms with Crippen LogP contribution in [-0.4, -0.2) is 11.6 Å². The second kappa shape index (κ2) is 4.00. The molecular formula is C14H8O4. The van der Waals surface area contributed by atoms with Crippen molar-refractivity contribution >= 4 is 22.5 Å². The van der Waals surface area contributed by atoms with Crippen molar-refractivity contribution < 1.29 is 18.4 Å². The van der Waals surface area contributed by atoms with Crippen LogP contribution in [0.25, 0.3) is 11.0 Å². The second-order valence-corrected chi connectivity index (χ2v) is 3.78. The Morgan fingerprint density at radius 2 is 1.67 bits per heavy atom. The van der Waals surface area contributed by atoms with E-state index >= 15 is 0 Å². The summed E-state index contributed by atoms with van der Waals surface area (Å²) in [6.45, 7) is 0. The Hall–Kier alpha value is -2.62. The maximum atomic E-state index is 11.9. The monoisotopic (exact) mass is 240 g/mol. The molecule has 3 rings (SSSR count). The van der Waals surface area contributed by atoms with Gasteiger partial charge in [0.15, 0.2) is 11.5 Å². The van der Waals surface area contributed by atoms with Crippen molar-refractivity contribution in [2.45, 2.75) is 0 Å². The van der Waals surface area contributed by atoms with E-state index in [1.807, 2.05) is 12.1 Å². The maximum absolute atomic E-state index is 11.9. The third kappa shape index (κ3) is 1.64. The lowest BCUT2D eigenvalue weighted by molar-refractivity contribution is 0.0786. The van der Waals surface area contributed by atoms with Gasteiger partial charge in [-0.15, -0.1) is 0 Å². The molecule has 1 aromatic carbocycles. The highest BCUT2D eigenvalue weighted by Crippen LogP contribution is 2.20. The molecule has 4 nitrogen and oxygen atoms in total. The van der Waals surface area contributed by atoms with Crippen molar-refractivity contribution in [3.63, 3.8) is 0 Å². The highest BCUT2D eigenvalue weighted by molar-refractivity contribution is 6.48. The summed E-state index contributed by atoms with van der Waals surface area (Å²) >= 11 is 0. The van der Waals surface area contributed by atoms with Gasteiger partial charge in [-0.2, -0.15) is 0 Å². The zero-order chi connectivity index (χ0) is 12.5. The van der Waals surface area contributed by atoms with E-state index in [9.17, 15) is 9.59 Å². The van der Waals surface area contributed by atoms with Gasteiger partial charge >= 0.3 is 0 Å². The van der Waals surface area contributed by atoms with Crippen molar-refractivity contribution in [1.29, 1.82) is 0 Å². The van der Waals surface area contributed by atoms with Gasteiger partial charge in [-0.05, 0) is 24.3 Å². The molecule has 0 aliphatic heterocycles. The first-order chi connectivity index (χ1) is 8.75. The van der Waals surface area contributed by atoms with E-state index < -0.39 is 11.6 Å². The molecule has 2 heterocycles. The standard InChI is InChI=1S/C14H8O4/c15-13(11-6-3-7-17-11)14(16)12-8-9-4-1-2-5-10(9)18-12/h1-8H. The molecule has 18 heavy (non-hydrogen) atoms. The van der Waals surface area contributed by atoms with Crippen LogP contribution >= 0.6 is 0 Å². The van der Waals surface area contributed by atoms with E-state index in [1.54, 1.807) is 24.3 Å². The molecule has 0 saturated carbocycles. The van der Waals surface area contributed by atoms with Gasteiger partial charge in [0.05, 0.1) is 6.26 Å². The first-order valence-electron chi connectivity index (χ1n) is 5.37. The third-order valence-corrected chi connectivity index (χ3v) is 2.60. The molecule has 2 aromatic heterocycles. The lowest BCUT2D eigenvalue weighted by Gasteiger charge is -1.92. The van der Waals surface area contributed by atoms with Gasteiger partial charge in [0.25, 0.3) is 11.6 Å². The number of carbonyl (C=O) groups excluding carboxylic acids is 2. The summed E-state index contributed by atoms with van der Waals surface area (Å²) in [6, 6.07) is 11.7. The van der Waals surface area contributed by atoms with E-state index in [0.717, 1.165) is 5.39 Å². The van der Waals surface area contributed by atoms with E-state index in [1.165, 1.54) is 12.3 Å². The van der Waals surface area contributed by atoms with Gasteiger partial charge < -0.3 is 8.83 Å². The number of para-hydroxylation sites is 1. The number of rotatable bonds is 3. The molecule has 0 bridgehead atoms. The molecule has 4 heteroatoms. The van der Waals surface area contributed by atoms with E-state index in [2.05, 4.69) is 0 Å². The number of hydrogen-bond donors (Lipinski definition) is 0. The van der Waals surface area contributed by atoms with Crippen molar-refractivity contribution in [2.24, 2.45) is 0 Å². The molecule has 0 aliphatic carbocycles. The largest absolute Gasteiger partial charge is 0.461 e. The fraction of sp³-hybridized carbons (Fsp3) is 0. The number of Topliss-reactive ketones (excluding diaryl/α,β-unsaturated/α-hetero) is 2. The smallest absolute Gasteiger partial charge is 0.271 e. The number of fused-ring (bicyclic) bond motifs is 1.